The van der Waals surface area contributed by atoms with Crippen LogP contribution in [0.5, 0.6) is 0 Å². The highest BCUT2D eigenvalue weighted by molar-refractivity contribution is 5.70. The van der Waals surface area contributed by atoms with E-state index in [-0.39, 0.29) is 0 Å². The average Bonchev–Trinajstić information content (AvgIpc) is 3.39. The molecule has 0 radical (unpaired) electrons. The molecule has 1 fully saturated rings. The third kappa shape index (κ3) is 3.06. The SMILES string of the molecule is c1ccc(Cn2cc(-c3cnc(N4CCOCC4)c4nccn34)cn2)cc1. The Labute approximate surface area is 156 Å². The normalized spacial score (nSPS) is 14.7. The molecule has 27 heavy (non-hydrogen) atoms. The van der Waals surface area contributed by atoms with Gasteiger partial charge in [-0.2, -0.15) is 5.10 Å². The molecule has 1 aromatic carbocycles. The van der Waals surface area contributed by atoms with Gasteiger partial charge in [-0.15, -0.1) is 0 Å². The molecular weight excluding hydrogens is 340 g/mol. The number of morpholine rings is 1. The fourth-order valence-electron chi connectivity index (χ4n) is 3.47. The zero-order valence-electron chi connectivity index (χ0n) is 14.9. The summed E-state index contributed by atoms with van der Waals surface area (Å²) < 4.78 is 9.48. The quantitative estimate of drug-likeness (QED) is 0.560. The third-order valence-electron chi connectivity index (χ3n) is 4.84. The maximum Gasteiger partial charge on any atom is 0.180 e. The summed E-state index contributed by atoms with van der Waals surface area (Å²) in [5.74, 6) is 0.906. The Balaban J connectivity index is 1.48. The molecule has 0 aliphatic carbocycles. The van der Waals surface area contributed by atoms with E-state index in [1.165, 1.54) is 5.56 Å². The van der Waals surface area contributed by atoms with Crippen LogP contribution in [0.15, 0.2) is 61.3 Å². The van der Waals surface area contributed by atoms with E-state index in [2.05, 4.69) is 37.7 Å². The van der Waals surface area contributed by atoms with Gasteiger partial charge in [-0.05, 0) is 5.56 Å². The van der Waals surface area contributed by atoms with Gasteiger partial charge in [-0.3, -0.25) is 9.08 Å². The summed E-state index contributed by atoms with van der Waals surface area (Å²) in [5.41, 5.74) is 4.10. The lowest BCUT2D eigenvalue weighted by atomic mass is 10.2. The Hall–Kier alpha value is -3.19. The molecule has 4 aromatic rings. The molecule has 0 unspecified atom stereocenters. The van der Waals surface area contributed by atoms with Crippen LogP contribution in [0.3, 0.4) is 0 Å². The number of nitrogens with zero attached hydrogens (tertiary/aromatic N) is 6. The van der Waals surface area contributed by atoms with Crippen molar-refractivity contribution < 1.29 is 4.74 Å². The van der Waals surface area contributed by atoms with E-state index in [1.807, 2.05) is 47.7 Å². The summed E-state index contributed by atoms with van der Waals surface area (Å²) in [4.78, 5) is 11.5. The first-order valence-electron chi connectivity index (χ1n) is 9.10. The molecule has 0 bridgehead atoms. The molecular formula is C20H20N6O. The fraction of sp³-hybridized carbons (Fsp3) is 0.250. The summed E-state index contributed by atoms with van der Waals surface area (Å²) in [7, 11) is 0. The van der Waals surface area contributed by atoms with Gasteiger partial charge in [0.05, 0.1) is 37.8 Å². The lowest BCUT2D eigenvalue weighted by Crippen LogP contribution is -2.37. The summed E-state index contributed by atoms with van der Waals surface area (Å²) in [5, 5.41) is 4.52. The summed E-state index contributed by atoms with van der Waals surface area (Å²) >= 11 is 0. The van der Waals surface area contributed by atoms with Crippen LogP contribution in [0.1, 0.15) is 5.56 Å². The molecule has 0 amide bonds. The number of anilines is 1. The third-order valence-corrected chi connectivity index (χ3v) is 4.84. The van der Waals surface area contributed by atoms with Gasteiger partial charge in [-0.1, -0.05) is 30.3 Å². The number of hydrogen-bond acceptors (Lipinski definition) is 5. The van der Waals surface area contributed by atoms with Crippen LogP contribution in [-0.4, -0.2) is 50.5 Å². The molecule has 5 rings (SSSR count). The van der Waals surface area contributed by atoms with Crippen molar-refractivity contribution in [1.29, 1.82) is 0 Å². The fourth-order valence-corrected chi connectivity index (χ4v) is 3.47. The van der Waals surface area contributed by atoms with Crippen molar-refractivity contribution in [1.82, 2.24) is 24.1 Å². The van der Waals surface area contributed by atoms with Crippen molar-refractivity contribution in [2.24, 2.45) is 0 Å². The van der Waals surface area contributed by atoms with Crippen molar-refractivity contribution in [3.63, 3.8) is 0 Å². The van der Waals surface area contributed by atoms with Crippen LogP contribution in [0.4, 0.5) is 5.82 Å². The second-order valence-corrected chi connectivity index (χ2v) is 6.60. The highest BCUT2D eigenvalue weighted by Crippen LogP contribution is 2.25. The molecule has 0 spiro atoms. The molecule has 0 N–H and O–H groups in total. The molecule has 3 aromatic heterocycles. The first-order valence-corrected chi connectivity index (χ1v) is 9.10. The monoisotopic (exact) mass is 360 g/mol. The van der Waals surface area contributed by atoms with Crippen LogP contribution in [0, 0.1) is 0 Å². The number of fused-ring (bicyclic) bond motifs is 1. The van der Waals surface area contributed by atoms with Crippen molar-refractivity contribution in [2.75, 3.05) is 31.2 Å². The van der Waals surface area contributed by atoms with E-state index in [0.717, 1.165) is 55.6 Å². The van der Waals surface area contributed by atoms with Crippen molar-refractivity contribution >= 4 is 11.5 Å². The lowest BCUT2D eigenvalue weighted by Gasteiger charge is -2.28. The van der Waals surface area contributed by atoms with Gasteiger partial charge in [-0.25, -0.2) is 9.97 Å². The van der Waals surface area contributed by atoms with Crippen LogP contribution in [-0.2, 0) is 11.3 Å². The van der Waals surface area contributed by atoms with E-state index >= 15 is 0 Å². The van der Waals surface area contributed by atoms with E-state index in [9.17, 15) is 0 Å². The number of imidazole rings is 1. The minimum absolute atomic E-state index is 0.725. The Kier molecular flexibility index (Phi) is 4.06. The maximum absolute atomic E-state index is 5.45. The van der Waals surface area contributed by atoms with Gasteiger partial charge in [0, 0.05) is 37.2 Å². The second kappa shape index (κ2) is 6.85. The number of hydrogen-bond donors (Lipinski definition) is 0. The molecule has 7 heteroatoms. The predicted octanol–water partition coefficient (Wildman–Crippen LogP) is 2.48. The Morgan fingerprint density at radius 1 is 1.00 bits per heavy atom. The first-order chi connectivity index (χ1) is 13.4. The molecule has 1 saturated heterocycles. The van der Waals surface area contributed by atoms with Gasteiger partial charge in [0.1, 0.15) is 0 Å². The zero-order chi connectivity index (χ0) is 18.1. The Morgan fingerprint density at radius 2 is 1.85 bits per heavy atom. The lowest BCUT2D eigenvalue weighted by molar-refractivity contribution is 0.122. The highest BCUT2D eigenvalue weighted by atomic mass is 16.5. The Bertz CT molecular complexity index is 1050. The van der Waals surface area contributed by atoms with Crippen LogP contribution in [0.25, 0.3) is 16.9 Å². The second-order valence-electron chi connectivity index (χ2n) is 6.60. The van der Waals surface area contributed by atoms with Gasteiger partial charge >= 0.3 is 0 Å². The molecule has 4 heterocycles. The molecule has 1 aliphatic rings. The molecule has 136 valence electrons. The largest absolute Gasteiger partial charge is 0.378 e. The van der Waals surface area contributed by atoms with Gasteiger partial charge < -0.3 is 9.64 Å². The molecule has 0 saturated carbocycles. The number of aromatic nitrogens is 5. The molecule has 1 aliphatic heterocycles. The topological polar surface area (TPSA) is 60.5 Å². The van der Waals surface area contributed by atoms with Gasteiger partial charge in [0.25, 0.3) is 0 Å². The van der Waals surface area contributed by atoms with Gasteiger partial charge in [0.2, 0.25) is 0 Å². The van der Waals surface area contributed by atoms with Gasteiger partial charge in [0.15, 0.2) is 11.5 Å². The first kappa shape index (κ1) is 16.0. The summed E-state index contributed by atoms with van der Waals surface area (Å²) in [6.07, 6.45) is 9.64. The highest BCUT2D eigenvalue weighted by Gasteiger charge is 2.18. The van der Waals surface area contributed by atoms with Crippen molar-refractivity contribution in [3.8, 4) is 11.3 Å². The molecule has 0 atom stereocenters. The van der Waals surface area contributed by atoms with Crippen LogP contribution in [0.2, 0.25) is 0 Å². The van der Waals surface area contributed by atoms with E-state index in [4.69, 9.17) is 9.72 Å². The van der Waals surface area contributed by atoms with Crippen molar-refractivity contribution in [3.05, 3.63) is 66.9 Å². The summed E-state index contributed by atoms with van der Waals surface area (Å²) in [6.45, 7) is 3.87. The van der Waals surface area contributed by atoms with Crippen LogP contribution >= 0.6 is 0 Å². The smallest absolute Gasteiger partial charge is 0.180 e. The molecule has 7 nitrogen and oxygen atoms in total. The maximum atomic E-state index is 5.45. The standard InChI is InChI=1S/C20H20N6O/c1-2-4-16(5-3-1)14-25-15-17(12-23-25)18-13-22-19(20-21-6-7-26(18)20)24-8-10-27-11-9-24/h1-7,12-13,15H,8-11,14H2. The summed E-state index contributed by atoms with van der Waals surface area (Å²) in [6, 6.07) is 10.3. The zero-order valence-corrected chi connectivity index (χ0v) is 14.9. The average molecular weight is 360 g/mol. The van der Waals surface area contributed by atoms with E-state index in [1.54, 1.807) is 0 Å². The van der Waals surface area contributed by atoms with Crippen molar-refractivity contribution in [2.45, 2.75) is 6.54 Å². The minimum atomic E-state index is 0.725. The number of ether oxygens (including phenoxy) is 1. The van der Waals surface area contributed by atoms with E-state index < -0.39 is 0 Å². The van der Waals surface area contributed by atoms with E-state index in [0.29, 0.717) is 0 Å². The number of benzene rings is 1. The number of rotatable bonds is 4. The minimum Gasteiger partial charge on any atom is -0.378 e. The van der Waals surface area contributed by atoms with Crippen LogP contribution < -0.4 is 4.90 Å². The predicted molar refractivity (Wildman–Crippen MR) is 103 cm³/mol. The Morgan fingerprint density at radius 3 is 2.70 bits per heavy atom.